The van der Waals surface area contributed by atoms with Crippen molar-refractivity contribution in [1.82, 2.24) is 14.5 Å². The number of thioether (sulfide) groups is 1. The van der Waals surface area contributed by atoms with Crippen LogP contribution in [-0.4, -0.2) is 52.3 Å². The molecule has 2 aromatic carbocycles. The van der Waals surface area contributed by atoms with Crippen LogP contribution in [0.1, 0.15) is 31.7 Å². The van der Waals surface area contributed by atoms with Crippen LogP contribution >= 0.6 is 23.4 Å². The predicted molar refractivity (Wildman–Crippen MR) is 134 cm³/mol. The van der Waals surface area contributed by atoms with E-state index in [-0.39, 0.29) is 23.3 Å². The van der Waals surface area contributed by atoms with E-state index in [0.29, 0.717) is 29.1 Å². The number of carbonyl (C=O) groups excluding carboxylic acids is 1. The number of aromatic nitrogens is 2. The summed E-state index contributed by atoms with van der Waals surface area (Å²) in [5.74, 6) is 0.375. The Bertz CT molecular complexity index is 1220. The predicted octanol–water partition coefficient (Wildman–Crippen LogP) is 4.61. The number of amides is 1. The van der Waals surface area contributed by atoms with E-state index < -0.39 is 0 Å². The summed E-state index contributed by atoms with van der Waals surface area (Å²) in [5.41, 5.74) is 1.80. The molecular weight excluding hydrogens is 456 g/mol. The molecule has 1 saturated carbocycles. The van der Waals surface area contributed by atoms with Crippen molar-refractivity contribution in [2.24, 2.45) is 0 Å². The van der Waals surface area contributed by atoms with Crippen molar-refractivity contribution in [3.05, 3.63) is 63.9 Å². The van der Waals surface area contributed by atoms with Gasteiger partial charge in [-0.1, -0.05) is 54.4 Å². The Morgan fingerprint density at radius 1 is 1.03 bits per heavy atom. The van der Waals surface area contributed by atoms with E-state index >= 15 is 0 Å². The average molecular weight is 483 g/mol. The molecule has 2 aliphatic rings. The molecule has 2 fully saturated rings. The number of fused-ring (bicyclic) bond motifs is 1. The van der Waals surface area contributed by atoms with Crippen LogP contribution in [0, 0.1) is 0 Å². The van der Waals surface area contributed by atoms with Gasteiger partial charge in [-0.2, -0.15) is 0 Å². The summed E-state index contributed by atoms with van der Waals surface area (Å²) >= 11 is 7.52. The SMILES string of the molecule is O=C(CSc1nc2ccccc2c(=O)n1C1CCCC1)N1CCN(c2cccc(Cl)c2)CC1. The molecule has 8 heteroatoms. The first-order chi connectivity index (χ1) is 16.1. The standard InChI is InChI=1S/C25H27ClN4O2S/c26-18-6-5-9-20(16-18)28-12-14-29(15-13-28)23(31)17-33-25-27-22-11-4-3-10-21(22)24(32)30(25)19-7-1-2-8-19/h3-6,9-11,16,19H,1-2,7-8,12-15,17H2. The summed E-state index contributed by atoms with van der Waals surface area (Å²) in [6.07, 6.45) is 4.24. The molecule has 172 valence electrons. The number of hydrogen-bond acceptors (Lipinski definition) is 5. The second-order valence-corrected chi connectivity index (χ2v) is 10.0. The molecular formula is C25H27ClN4O2S. The topological polar surface area (TPSA) is 58.4 Å². The Kier molecular flexibility index (Phi) is 6.60. The average Bonchev–Trinajstić information content (AvgIpc) is 3.37. The number of para-hydroxylation sites is 1. The number of benzene rings is 2. The highest BCUT2D eigenvalue weighted by Crippen LogP contribution is 2.32. The maximum absolute atomic E-state index is 13.3. The van der Waals surface area contributed by atoms with E-state index in [1.165, 1.54) is 11.8 Å². The highest BCUT2D eigenvalue weighted by Gasteiger charge is 2.25. The van der Waals surface area contributed by atoms with Crippen LogP contribution < -0.4 is 10.5 Å². The Morgan fingerprint density at radius 3 is 2.55 bits per heavy atom. The van der Waals surface area contributed by atoms with Crippen molar-refractivity contribution in [3.63, 3.8) is 0 Å². The molecule has 0 N–H and O–H groups in total. The van der Waals surface area contributed by atoms with Gasteiger partial charge < -0.3 is 9.80 Å². The van der Waals surface area contributed by atoms with Crippen molar-refractivity contribution >= 4 is 45.9 Å². The molecule has 1 aliphatic carbocycles. The summed E-state index contributed by atoms with van der Waals surface area (Å²) in [6.45, 7) is 2.90. The second kappa shape index (κ2) is 9.77. The van der Waals surface area contributed by atoms with Gasteiger partial charge in [0.1, 0.15) is 0 Å². The molecule has 0 unspecified atom stereocenters. The lowest BCUT2D eigenvalue weighted by Crippen LogP contribution is -2.49. The third-order valence-corrected chi connectivity index (χ3v) is 7.77. The Balaban J connectivity index is 1.28. The van der Waals surface area contributed by atoms with Gasteiger partial charge in [-0.25, -0.2) is 4.98 Å². The number of nitrogens with zero attached hydrogens (tertiary/aromatic N) is 4. The summed E-state index contributed by atoms with van der Waals surface area (Å²) < 4.78 is 1.85. The molecule has 3 aromatic rings. The summed E-state index contributed by atoms with van der Waals surface area (Å²) in [4.78, 5) is 35.2. The van der Waals surface area contributed by atoms with Gasteiger partial charge in [0.05, 0.1) is 16.7 Å². The van der Waals surface area contributed by atoms with Gasteiger partial charge in [0, 0.05) is 42.9 Å². The Morgan fingerprint density at radius 2 is 1.79 bits per heavy atom. The maximum Gasteiger partial charge on any atom is 0.262 e. The molecule has 0 radical (unpaired) electrons. The van der Waals surface area contributed by atoms with E-state index in [4.69, 9.17) is 16.6 Å². The van der Waals surface area contributed by atoms with E-state index in [9.17, 15) is 9.59 Å². The number of carbonyl (C=O) groups is 1. The van der Waals surface area contributed by atoms with Gasteiger partial charge in [0.25, 0.3) is 5.56 Å². The maximum atomic E-state index is 13.3. The van der Waals surface area contributed by atoms with Crippen molar-refractivity contribution in [3.8, 4) is 0 Å². The van der Waals surface area contributed by atoms with Crippen molar-refractivity contribution in [2.75, 3.05) is 36.8 Å². The van der Waals surface area contributed by atoms with Crippen LogP contribution in [-0.2, 0) is 4.79 Å². The minimum atomic E-state index is 0.0117. The quantitative estimate of drug-likeness (QED) is 0.392. The molecule has 1 aromatic heterocycles. The fourth-order valence-corrected chi connectivity index (χ4v) is 5.97. The van der Waals surface area contributed by atoms with Crippen LogP contribution in [0.2, 0.25) is 5.02 Å². The molecule has 1 aliphatic heterocycles. The van der Waals surface area contributed by atoms with E-state index in [0.717, 1.165) is 49.5 Å². The molecule has 1 saturated heterocycles. The molecule has 0 atom stereocenters. The summed E-state index contributed by atoms with van der Waals surface area (Å²) in [7, 11) is 0. The van der Waals surface area contributed by atoms with Crippen molar-refractivity contribution in [1.29, 1.82) is 0 Å². The van der Waals surface area contributed by atoms with Crippen LogP contribution in [0.25, 0.3) is 10.9 Å². The van der Waals surface area contributed by atoms with Gasteiger partial charge in [0.15, 0.2) is 5.16 Å². The van der Waals surface area contributed by atoms with Crippen molar-refractivity contribution in [2.45, 2.75) is 36.9 Å². The van der Waals surface area contributed by atoms with Crippen molar-refractivity contribution < 1.29 is 4.79 Å². The number of rotatable bonds is 5. The van der Waals surface area contributed by atoms with E-state index in [1.807, 2.05) is 58.0 Å². The lowest BCUT2D eigenvalue weighted by Gasteiger charge is -2.36. The molecule has 0 bridgehead atoms. The monoisotopic (exact) mass is 482 g/mol. The van der Waals surface area contributed by atoms with Crippen LogP contribution in [0.3, 0.4) is 0 Å². The van der Waals surface area contributed by atoms with Gasteiger partial charge in [0.2, 0.25) is 5.91 Å². The number of halogens is 1. The third kappa shape index (κ3) is 4.75. The van der Waals surface area contributed by atoms with Gasteiger partial charge >= 0.3 is 0 Å². The van der Waals surface area contributed by atoms with E-state index in [2.05, 4.69) is 4.90 Å². The molecule has 33 heavy (non-hydrogen) atoms. The first-order valence-corrected chi connectivity index (χ1v) is 12.9. The Labute approximate surface area is 202 Å². The highest BCUT2D eigenvalue weighted by molar-refractivity contribution is 7.99. The van der Waals surface area contributed by atoms with Crippen LogP contribution in [0.5, 0.6) is 0 Å². The summed E-state index contributed by atoms with van der Waals surface area (Å²) in [6, 6.07) is 15.5. The number of anilines is 1. The normalized spacial score (nSPS) is 17.1. The Hall–Kier alpha value is -2.51. The second-order valence-electron chi connectivity index (χ2n) is 8.66. The fraction of sp³-hybridized carbons (Fsp3) is 0.400. The number of hydrogen-bond donors (Lipinski definition) is 0. The third-order valence-electron chi connectivity index (χ3n) is 6.60. The minimum Gasteiger partial charge on any atom is -0.368 e. The van der Waals surface area contributed by atoms with Gasteiger partial charge in [-0.15, -0.1) is 0 Å². The molecule has 6 nitrogen and oxygen atoms in total. The van der Waals surface area contributed by atoms with Crippen LogP contribution in [0.4, 0.5) is 5.69 Å². The lowest BCUT2D eigenvalue weighted by atomic mass is 10.2. The van der Waals surface area contributed by atoms with E-state index in [1.54, 1.807) is 0 Å². The zero-order valence-electron chi connectivity index (χ0n) is 18.5. The molecule has 5 rings (SSSR count). The fourth-order valence-electron chi connectivity index (χ4n) is 4.82. The zero-order valence-corrected chi connectivity index (χ0v) is 20.0. The smallest absolute Gasteiger partial charge is 0.262 e. The largest absolute Gasteiger partial charge is 0.368 e. The van der Waals surface area contributed by atoms with Crippen LogP contribution in [0.15, 0.2) is 58.5 Å². The first-order valence-electron chi connectivity index (χ1n) is 11.5. The van der Waals surface area contributed by atoms with Gasteiger partial charge in [-0.05, 0) is 43.2 Å². The first kappa shape index (κ1) is 22.3. The zero-order chi connectivity index (χ0) is 22.8. The summed E-state index contributed by atoms with van der Waals surface area (Å²) in [5, 5.41) is 2.03. The molecule has 0 spiro atoms. The molecule has 2 heterocycles. The number of piperazine rings is 1. The molecule has 1 amide bonds. The van der Waals surface area contributed by atoms with Gasteiger partial charge in [-0.3, -0.25) is 14.2 Å². The minimum absolute atomic E-state index is 0.0117. The lowest BCUT2D eigenvalue weighted by molar-refractivity contribution is -0.128. The highest BCUT2D eigenvalue weighted by atomic mass is 35.5.